The highest BCUT2D eigenvalue weighted by Gasteiger charge is 2.12. The number of nitriles is 1. The summed E-state index contributed by atoms with van der Waals surface area (Å²) in [4.78, 5) is 0. The van der Waals surface area contributed by atoms with Crippen molar-refractivity contribution in [3.8, 4) is 6.07 Å². The van der Waals surface area contributed by atoms with E-state index in [4.69, 9.17) is 14.7 Å². The van der Waals surface area contributed by atoms with Crippen LogP contribution in [0.4, 0.5) is 0 Å². The van der Waals surface area contributed by atoms with Crippen LogP contribution in [0.15, 0.2) is 0 Å². The Morgan fingerprint density at radius 3 is 3.09 bits per heavy atom. The van der Waals surface area contributed by atoms with Crippen LogP contribution >= 0.6 is 0 Å². The molecule has 3 nitrogen and oxygen atoms in total. The third-order valence-corrected chi connectivity index (χ3v) is 1.66. The van der Waals surface area contributed by atoms with E-state index in [1.807, 2.05) is 6.07 Å². The highest BCUT2D eigenvalue weighted by molar-refractivity contribution is 4.67. The molecule has 0 aromatic carbocycles. The van der Waals surface area contributed by atoms with Crippen LogP contribution in [0.2, 0.25) is 0 Å². The fraction of sp³-hybridized carbons (Fsp3) is 0.875. The summed E-state index contributed by atoms with van der Waals surface area (Å²) in [6.45, 7) is 1.30. The molecule has 0 spiro atoms. The average Bonchev–Trinajstić information content (AvgIpc) is 2.07. The van der Waals surface area contributed by atoms with Gasteiger partial charge in [-0.2, -0.15) is 5.26 Å². The fourth-order valence-electron chi connectivity index (χ4n) is 1.08. The lowest BCUT2D eigenvalue weighted by Gasteiger charge is -2.21. The first-order valence-corrected chi connectivity index (χ1v) is 4.03. The molecule has 62 valence electrons. The van der Waals surface area contributed by atoms with Crippen molar-refractivity contribution in [3.63, 3.8) is 0 Å². The van der Waals surface area contributed by atoms with Gasteiger partial charge in [-0.15, -0.1) is 0 Å². The molecule has 1 aliphatic heterocycles. The minimum Gasteiger partial charge on any atom is -0.353 e. The zero-order valence-electron chi connectivity index (χ0n) is 6.58. The highest BCUT2D eigenvalue weighted by atomic mass is 16.7. The molecular formula is C8H13NO2. The molecule has 0 aromatic rings. The molecule has 1 atom stereocenters. The second kappa shape index (κ2) is 5.11. The number of ether oxygens (including phenoxy) is 2. The Labute approximate surface area is 66.9 Å². The van der Waals surface area contributed by atoms with E-state index >= 15 is 0 Å². The fourth-order valence-corrected chi connectivity index (χ4v) is 1.08. The molecule has 1 rings (SSSR count). The lowest BCUT2D eigenvalue weighted by atomic mass is 10.2. The average molecular weight is 156 g/mol. The first-order valence-electron chi connectivity index (χ1n) is 4.03. The molecule has 0 amide bonds. The third kappa shape index (κ3) is 3.35. The van der Waals surface area contributed by atoms with Gasteiger partial charge in [0, 0.05) is 6.61 Å². The van der Waals surface area contributed by atoms with Gasteiger partial charge in [-0.05, 0) is 19.3 Å². The normalized spacial score (nSPS) is 24.5. The minimum absolute atomic E-state index is 0.0444. The van der Waals surface area contributed by atoms with Crippen molar-refractivity contribution in [2.24, 2.45) is 0 Å². The Morgan fingerprint density at radius 1 is 1.55 bits per heavy atom. The standard InChI is InChI=1S/C8H13NO2/c9-5-3-7-11-8-4-1-2-6-10-8/h8H,1-4,6-7H2/i5+1. The summed E-state index contributed by atoms with van der Waals surface area (Å²) >= 11 is 0. The second-order valence-electron chi connectivity index (χ2n) is 2.58. The van der Waals surface area contributed by atoms with E-state index in [9.17, 15) is 0 Å². The van der Waals surface area contributed by atoms with Gasteiger partial charge in [0.2, 0.25) is 0 Å². The Bertz CT molecular complexity index is 136. The Kier molecular flexibility index (Phi) is 3.95. The molecule has 1 aliphatic rings. The first kappa shape index (κ1) is 8.51. The molecule has 0 bridgehead atoms. The summed E-state index contributed by atoms with van der Waals surface area (Å²) in [6.07, 6.45) is 3.71. The van der Waals surface area contributed by atoms with Gasteiger partial charge < -0.3 is 9.47 Å². The van der Waals surface area contributed by atoms with Crippen LogP contribution < -0.4 is 0 Å². The summed E-state index contributed by atoms with van der Waals surface area (Å²) in [5, 5.41) is 8.22. The Morgan fingerprint density at radius 2 is 2.45 bits per heavy atom. The molecule has 1 unspecified atom stereocenters. The molecule has 0 aliphatic carbocycles. The first-order chi connectivity index (χ1) is 5.43. The maximum absolute atomic E-state index is 8.22. The van der Waals surface area contributed by atoms with Crippen LogP contribution in [0.3, 0.4) is 0 Å². The van der Waals surface area contributed by atoms with Gasteiger partial charge in [-0.25, -0.2) is 0 Å². The lowest BCUT2D eigenvalue weighted by Crippen LogP contribution is -2.22. The third-order valence-electron chi connectivity index (χ3n) is 1.66. The zero-order valence-corrected chi connectivity index (χ0v) is 6.58. The summed E-state index contributed by atoms with van der Waals surface area (Å²) in [5.41, 5.74) is 0. The molecule has 1 heterocycles. The predicted octanol–water partition coefficient (Wildman–Crippen LogP) is 1.44. The number of hydrogen-bond acceptors (Lipinski definition) is 3. The molecule has 11 heavy (non-hydrogen) atoms. The van der Waals surface area contributed by atoms with Crippen LogP contribution in [-0.4, -0.2) is 19.5 Å². The molecule has 1 saturated heterocycles. The summed E-state index contributed by atoms with van der Waals surface area (Å²) in [6, 6.07) is 2.03. The smallest absolute Gasteiger partial charge is 0.157 e. The van der Waals surface area contributed by atoms with Crippen molar-refractivity contribution < 1.29 is 9.47 Å². The van der Waals surface area contributed by atoms with Gasteiger partial charge >= 0.3 is 0 Å². The molecule has 0 saturated carbocycles. The van der Waals surface area contributed by atoms with Gasteiger partial charge in [-0.1, -0.05) is 0 Å². The monoisotopic (exact) mass is 156 g/mol. The van der Waals surface area contributed by atoms with Crippen molar-refractivity contribution in [1.29, 1.82) is 5.26 Å². The largest absolute Gasteiger partial charge is 0.353 e. The number of hydrogen-bond donors (Lipinski definition) is 0. The van der Waals surface area contributed by atoms with Crippen LogP contribution in [0.5, 0.6) is 0 Å². The van der Waals surface area contributed by atoms with Crippen molar-refractivity contribution in [1.82, 2.24) is 0 Å². The maximum Gasteiger partial charge on any atom is 0.157 e. The topological polar surface area (TPSA) is 42.2 Å². The molecule has 3 heteroatoms. The molecule has 0 aromatic heterocycles. The van der Waals surface area contributed by atoms with E-state index in [0.717, 1.165) is 19.4 Å². The van der Waals surface area contributed by atoms with E-state index in [1.165, 1.54) is 6.42 Å². The van der Waals surface area contributed by atoms with Crippen molar-refractivity contribution >= 4 is 0 Å². The van der Waals surface area contributed by atoms with Gasteiger partial charge in [0.15, 0.2) is 6.29 Å². The van der Waals surface area contributed by atoms with Crippen molar-refractivity contribution in [2.45, 2.75) is 32.0 Å². The van der Waals surface area contributed by atoms with Gasteiger partial charge in [0.05, 0.1) is 19.1 Å². The predicted molar refractivity (Wildman–Crippen MR) is 39.8 cm³/mol. The lowest BCUT2D eigenvalue weighted by molar-refractivity contribution is -0.161. The van der Waals surface area contributed by atoms with E-state index in [0.29, 0.717) is 13.0 Å². The van der Waals surface area contributed by atoms with Crippen LogP contribution in [-0.2, 0) is 9.47 Å². The second-order valence-corrected chi connectivity index (χ2v) is 2.58. The maximum atomic E-state index is 8.22. The van der Waals surface area contributed by atoms with E-state index in [2.05, 4.69) is 0 Å². The summed E-state index contributed by atoms with van der Waals surface area (Å²) < 4.78 is 10.6. The molecule has 0 N–H and O–H groups in total. The van der Waals surface area contributed by atoms with E-state index < -0.39 is 0 Å². The van der Waals surface area contributed by atoms with Gasteiger partial charge in [0.1, 0.15) is 0 Å². The quantitative estimate of drug-likeness (QED) is 0.458. The van der Waals surface area contributed by atoms with Crippen LogP contribution in [0, 0.1) is 11.3 Å². The highest BCUT2D eigenvalue weighted by Crippen LogP contribution is 2.13. The Hall–Kier alpha value is -0.590. The summed E-state index contributed by atoms with van der Waals surface area (Å²) in [5.74, 6) is 0. The van der Waals surface area contributed by atoms with E-state index in [1.54, 1.807) is 0 Å². The Balaban J connectivity index is 2.01. The van der Waals surface area contributed by atoms with Crippen molar-refractivity contribution in [2.75, 3.05) is 13.2 Å². The zero-order chi connectivity index (χ0) is 7.94. The van der Waals surface area contributed by atoms with Crippen molar-refractivity contribution in [3.05, 3.63) is 0 Å². The van der Waals surface area contributed by atoms with Gasteiger partial charge in [-0.3, -0.25) is 0 Å². The minimum atomic E-state index is -0.0444. The molecular weight excluding hydrogens is 143 g/mol. The number of rotatable bonds is 3. The van der Waals surface area contributed by atoms with Crippen LogP contribution in [0.25, 0.3) is 0 Å². The summed E-state index contributed by atoms with van der Waals surface area (Å²) in [7, 11) is 0. The molecule has 1 fully saturated rings. The molecule has 0 radical (unpaired) electrons. The van der Waals surface area contributed by atoms with Gasteiger partial charge in [0.25, 0.3) is 0 Å². The number of nitrogens with zero attached hydrogens (tertiary/aromatic N) is 1. The van der Waals surface area contributed by atoms with Crippen LogP contribution in [0.1, 0.15) is 25.7 Å². The van der Waals surface area contributed by atoms with E-state index in [-0.39, 0.29) is 6.29 Å². The SMILES string of the molecule is N#[13C]CCOC1CCCCO1.